The molecule has 146 valence electrons. The summed E-state index contributed by atoms with van der Waals surface area (Å²) in [6.07, 6.45) is -0.169. The van der Waals surface area contributed by atoms with Gasteiger partial charge in [-0.1, -0.05) is 17.7 Å². The van der Waals surface area contributed by atoms with Crippen molar-refractivity contribution in [2.24, 2.45) is 0 Å². The molecule has 0 spiro atoms. The highest BCUT2D eigenvalue weighted by Crippen LogP contribution is 2.13. The number of ether oxygens (including phenoxy) is 1. The van der Waals surface area contributed by atoms with E-state index in [2.05, 4.69) is 10.6 Å². The predicted octanol–water partition coefficient (Wildman–Crippen LogP) is 2.84. The number of benzene rings is 2. The van der Waals surface area contributed by atoms with Crippen LogP contribution in [0.5, 0.6) is 0 Å². The largest absolute Gasteiger partial charge is 0.456 e. The molecule has 2 aromatic rings. The molecule has 0 aliphatic rings. The summed E-state index contributed by atoms with van der Waals surface area (Å²) in [5.74, 6) is -1.71. The standard InChI is InChI=1S/C20H19ClN2O5/c1-22-20(27)14-3-2-4-16(11-14)23-18(25)12-28-19(26)10-9-17(24)13-5-7-15(21)8-6-13/h2-8,11H,9-10,12H2,1H3,(H,22,27)(H,23,25). The molecule has 0 aromatic heterocycles. The zero-order chi connectivity index (χ0) is 20.5. The number of nitrogens with one attached hydrogen (secondary N) is 2. The molecule has 0 atom stereocenters. The maximum Gasteiger partial charge on any atom is 0.306 e. The fourth-order valence-corrected chi connectivity index (χ4v) is 2.42. The molecule has 28 heavy (non-hydrogen) atoms. The lowest BCUT2D eigenvalue weighted by molar-refractivity contribution is -0.147. The quantitative estimate of drug-likeness (QED) is 0.522. The van der Waals surface area contributed by atoms with E-state index in [1.165, 1.54) is 13.1 Å². The van der Waals surface area contributed by atoms with E-state index in [1.807, 2.05) is 0 Å². The third kappa shape index (κ3) is 6.51. The number of carbonyl (C=O) groups excluding carboxylic acids is 4. The van der Waals surface area contributed by atoms with Gasteiger partial charge in [-0.25, -0.2) is 0 Å². The number of Topliss-reactive ketones (excluding diaryl/α,β-unsaturated/α-hetero) is 1. The number of anilines is 1. The second kappa shape index (κ2) is 10.2. The number of hydrogen-bond acceptors (Lipinski definition) is 5. The molecule has 7 nitrogen and oxygen atoms in total. The molecular weight excluding hydrogens is 384 g/mol. The zero-order valence-electron chi connectivity index (χ0n) is 15.2. The van der Waals surface area contributed by atoms with Gasteiger partial charge in [-0.05, 0) is 42.5 Å². The first-order valence-corrected chi connectivity index (χ1v) is 8.83. The predicted molar refractivity (Wildman–Crippen MR) is 104 cm³/mol. The molecular formula is C20H19ClN2O5. The fourth-order valence-electron chi connectivity index (χ4n) is 2.29. The fraction of sp³-hybridized carbons (Fsp3) is 0.200. The van der Waals surface area contributed by atoms with Crippen molar-refractivity contribution >= 4 is 40.9 Å². The molecule has 2 aromatic carbocycles. The van der Waals surface area contributed by atoms with Gasteiger partial charge < -0.3 is 15.4 Å². The molecule has 0 saturated heterocycles. The third-order valence-electron chi connectivity index (χ3n) is 3.72. The van der Waals surface area contributed by atoms with Crippen molar-refractivity contribution in [1.82, 2.24) is 5.32 Å². The van der Waals surface area contributed by atoms with Gasteiger partial charge in [0.2, 0.25) is 0 Å². The first-order valence-electron chi connectivity index (χ1n) is 8.45. The first kappa shape index (κ1) is 21.1. The van der Waals surface area contributed by atoms with E-state index in [4.69, 9.17) is 16.3 Å². The molecule has 0 aliphatic heterocycles. The Morgan fingerprint density at radius 2 is 1.68 bits per heavy atom. The van der Waals surface area contributed by atoms with Crippen LogP contribution in [0.4, 0.5) is 5.69 Å². The summed E-state index contributed by atoms with van der Waals surface area (Å²) in [5, 5.41) is 5.54. The van der Waals surface area contributed by atoms with E-state index in [0.29, 0.717) is 21.8 Å². The van der Waals surface area contributed by atoms with E-state index in [-0.39, 0.29) is 24.5 Å². The summed E-state index contributed by atoms with van der Waals surface area (Å²) in [4.78, 5) is 47.2. The summed E-state index contributed by atoms with van der Waals surface area (Å²) in [6.45, 7) is -0.488. The SMILES string of the molecule is CNC(=O)c1cccc(NC(=O)COC(=O)CCC(=O)c2ccc(Cl)cc2)c1. The van der Waals surface area contributed by atoms with Gasteiger partial charge in [-0.2, -0.15) is 0 Å². The third-order valence-corrected chi connectivity index (χ3v) is 3.97. The Balaban J connectivity index is 1.76. The van der Waals surface area contributed by atoms with Crippen molar-refractivity contribution in [3.63, 3.8) is 0 Å². The van der Waals surface area contributed by atoms with Gasteiger partial charge in [0.15, 0.2) is 12.4 Å². The molecule has 2 rings (SSSR count). The van der Waals surface area contributed by atoms with E-state index < -0.39 is 18.5 Å². The molecule has 8 heteroatoms. The highest BCUT2D eigenvalue weighted by Gasteiger charge is 2.12. The molecule has 0 unspecified atom stereocenters. The lowest BCUT2D eigenvalue weighted by Gasteiger charge is -2.08. The van der Waals surface area contributed by atoms with Crippen LogP contribution in [0.3, 0.4) is 0 Å². The lowest BCUT2D eigenvalue weighted by atomic mass is 10.1. The molecule has 0 radical (unpaired) electrons. The van der Waals surface area contributed by atoms with Crippen LogP contribution in [0.25, 0.3) is 0 Å². The number of rotatable bonds is 8. The van der Waals surface area contributed by atoms with E-state index >= 15 is 0 Å². The van der Waals surface area contributed by atoms with Crippen molar-refractivity contribution in [2.75, 3.05) is 19.0 Å². The van der Waals surface area contributed by atoms with Crippen LogP contribution < -0.4 is 10.6 Å². The molecule has 0 fully saturated rings. The van der Waals surface area contributed by atoms with Gasteiger partial charge in [0.1, 0.15) is 0 Å². The molecule has 0 aliphatic carbocycles. The van der Waals surface area contributed by atoms with Crippen LogP contribution in [-0.4, -0.2) is 37.2 Å². The second-order valence-electron chi connectivity index (χ2n) is 5.80. The monoisotopic (exact) mass is 402 g/mol. The lowest BCUT2D eigenvalue weighted by Crippen LogP contribution is -2.22. The van der Waals surface area contributed by atoms with Gasteiger partial charge in [0.05, 0.1) is 6.42 Å². The van der Waals surface area contributed by atoms with Crippen LogP contribution >= 0.6 is 11.6 Å². The molecule has 0 saturated carbocycles. The van der Waals surface area contributed by atoms with Crippen molar-refractivity contribution in [1.29, 1.82) is 0 Å². The van der Waals surface area contributed by atoms with Crippen molar-refractivity contribution in [2.45, 2.75) is 12.8 Å². The Kier molecular flexibility index (Phi) is 7.71. The second-order valence-corrected chi connectivity index (χ2v) is 6.24. The minimum atomic E-state index is -0.656. The number of esters is 1. The van der Waals surface area contributed by atoms with Crippen molar-refractivity contribution in [3.05, 3.63) is 64.7 Å². The summed E-state index contributed by atoms with van der Waals surface area (Å²) in [7, 11) is 1.50. The summed E-state index contributed by atoms with van der Waals surface area (Å²) >= 11 is 5.76. The Morgan fingerprint density at radius 1 is 0.964 bits per heavy atom. The number of carbonyl (C=O) groups is 4. The van der Waals surface area contributed by atoms with Crippen LogP contribution in [0.2, 0.25) is 5.02 Å². The van der Waals surface area contributed by atoms with Gasteiger partial charge in [0.25, 0.3) is 11.8 Å². The van der Waals surface area contributed by atoms with E-state index in [0.717, 1.165) is 0 Å². The van der Waals surface area contributed by atoms with Gasteiger partial charge in [0, 0.05) is 35.3 Å². The topological polar surface area (TPSA) is 102 Å². The summed E-state index contributed by atoms with van der Waals surface area (Å²) < 4.78 is 4.88. The molecule has 2 N–H and O–H groups in total. The average Bonchev–Trinajstić information content (AvgIpc) is 2.70. The summed E-state index contributed by atoms with van der Waals surface area (Å²) in [6, 6.07) is 12.7. The minimum Gasteiger partial charge on any atom is -0.456 e. The number of halogens is 1. The maximum absolute atomic E-state index is 12.0. The van der Waals surface area contributed by atoms with Gasteiger partial charge in [-0.3, -0.25) is 19.2 Å². The number of ketones is 1. The Hall–Kier alpha value is -3.19. The van der Waals surface area contributed by atoms with Crippen molar-refractivity contribution in [3.8, 4) is 0 Å². The Morgan fingerprint density at radius 3 is 2.36 bits per heavy atom. The molecule has 0 heterocycles. The smallest absolute Gasteiger partial charge is 0.306 e. The van der Waals surface area contributed by atoms with E-state index in [9.17, 15) is 19.2 Å². The molecule has 0 bridgehead atoms. The van der Waals surface area contributed by atoms with Gasteiger partial charge in [-0.15, -0.1) is 0 Å². The number of amides is 2. The average molecular weight is 403 g/mol. The van der Waals surface area contributed by atoms with Crippen LogP contribution in [0.15, 0.2) is 48.5 Å². The minimum absolute atomic E-state index is 0.0315. The van der Waals surface area contributed by atoms with Crippen LogP contribution in [-0.2, 0) is 14.3 Å². The molecule has 2 amide bonds. The Bertz CT molecular complexity index is 880. The van der Waals surface area contributed by atoms with Crippen LogP contribution in [0.1, 0.15) is 33.6 Å². The van der Waals surface area contributed by atoms with Gasteiger partial charge >= 0.3 is 5.97 Å². The van der Waals surface area contributed by atoms with Crippen LogP contribution in [0, 0.1) is 0 Å². The highest BCUT2D eigenvalue weighted by atomic mass is 35.5. The maximum atomic E-state index is 12.0. The van der Waals surface area contributed by atoms with E-state index in [1.54, 1.807) is 42.5 Å². The zero-order valence-corrected chi connectivity index (χ0v) is 15.9. The van der Waals surface area contributed by atoms with Crippen molar-refractivity contribution < 1.29 is 23.9 Å². The normalized spacial score (nSPS) is 10.1. The highest BCUT2D eigenvalue weighted by molar-refractivity contribution is 6.30. The summed E-state index contributed by atoms with van der Waals surface area (Å²) in [5.41, 5.74) is 1.24. The Labute approximate surface area is 167 Å². The first-order chi connectivity index (χ1) is 13.4. The number of hydrogen-bond donors (Lipinski definition) is 2.